The molecule has 2 aliphatic carbocycles. The highest BCUT2D eigenvalue weighted by atomic mass is 19.4. The fourth-order valence-corrected chi connectivity index (χ4v) is 6.18. The first kappa shape index (κ1) is 29.0. The Bertz CT molecular complexity index is 1120. The van der Waals surface area contributed by atoms with Crippen molar-refractivity contribution in [1.82, 2.24) is 10.2 Å². The van der Waals surface area contributed by atoms with Crippen molar-refractivity contribution >= 4 is 23.5 Å². The smallest absolute Gasteiger partial charge is 0.475 e. The van der Waals surface area contributed by atoms with Crippen molar-refractivity contribution in [3.63, 3.8) is 0 Å². The molecule has 2 fully saturated rings. The van der Waals surface area contributed by atoms with Gasteiger partial charge in [0.05, 0.1) is 0 Å². The maximum atomic E-state index is 14.1. The molecular weight excluding hydrogens is 516 g/mol. The van der Waals surface area contributed by atoms with Crippen molar-refractivity contribution in [3.8, 4) is 0 Å². The van der Waals surface area contributed by atoms with E-state index in [0.29, 0.717) is 17.8 Å². The summed E-state index contributed by atoms with van der Waals surface area (Å²) in [5, 5.41) is 10.8. The number of carboxylic acids is 1. The summed E-state index contributed by atoms with van der Waals surface area (Å²) in [7, 11) is 0. The zero-order valence-corrected chi connectivity index (χ0v) is 22.1. The lowest BCUT2D eigenvalue weighted by atomic mass is 9.80. The van der Waals surface area contributed by atoms with Gasteiger partial charge < -0.3 is 10.4 Å². The number of benzene rings is 1. The summed E-state index contributed by atoms with van der Waals surface area (Å²) in [5.41, 5.74) is 1.63. The number of hydrogen-bond acceptors (Lipinski definition) is 4. The van der Waals surface area contributed by atoms with E-state index in [1.807, 2.05) is 6.07 Å². The van der Waals surface area contributed by atoms with Crippen LogP contribution < -0.4 is 10.2 Å². The first-order valence-electron chi connectivity index (χ1n) is 13.7. The Hall–Kier alpha value is -2.95. The predicted molar refractivity (Wildman–Crippen MR) is 140 cm³/mol. The van der Waals surface area contributed by atoms with Gasteiger partial charge in [0.15, 0.2) is 0 Å². The number of amides is 2. The summed E-state index contributed by atoms with van der Waals surface area (Å²) >= 11 is 0. The lowest BCUT2D eigenvalue weighted by Crippen LogP contribution is -2.64. The number of alkyl halides is 3. The van der Waals surface area contributed by atoms with Crippen LogP contribution in [0.4, 0.5) is 28.0 Å². The highest BCUT2D eigenvalue weighted by molar-refractivity contribution is 6.16. The lowest BCUT2D eigenvalue weighted by molar-refractivity contribution is -0.192. The van der Waals surface area contributed by atoms with Crippen LogP contribution in [0, 0.1) is 5.82 Å². The Balaban J connectivity index is 0.000000448. The fraction of sp³-hybridized carbons (Fsp3) is 0.607. The highest BCUT2D eigenvalue weighted by Crippen LogP contribution is 2.41. The second-order valence-electron chi connectivity index (χ2n) is 10.9. The average Bonchev–Trinajstić information content (AvgIpc) is 3.47. The number of carbonyl (C=O) groups excluding carboxylic acids is 1. The fourth-order valence-electron chi connectivity index (χ4n) is 6.18. The minimum atomic E-state index is -5.08. The molecule has 2 N–H and O–H groups in total. The van der Waals surface area contributed by atoms with Crippen LogP contribution in [0.1, 0.15) is 71.1 Å². The lowest BCUT2D eigenvalue weighted by Gasteiger charge is -2.48. The van der Waals surface area contributed by atoms with E-state index < -0.39 is 17.7 Å². The van der Waals surface area contributed by atoms with E-state index in [-0.39, 0.29) is 11.8 Å². The van der Waals surface area contributed by atoms with E-state index in [1.165, 1.54) is 50.7 Å². The molecule has 0 aromatic heterocycles. The van der Waals surface area contributed by atoms with Crippen molar-refractivity contribution in [2.24, 2.45) is 4.99 Å². The standard InChI is InChI=1S/C26H35FN4O.C2HF3O2/c1-19-17-26(14-15-30(19)18-20-8-5-6-9-20)24(28-22-11-3-2-4-12-22)29-25(32)31(26)23-13-7-10-21(27)16-23;3-2(4,5)1(6)7/h7-8,10,13,16,19,22H,2-6,9,11-12,14-15,17-18H2,1H3,(H,28,29,32);(H,6,7)/t19-,26+;/m0./s1. The number of aliphatic carboxylic acids is 1. The van der Waals surface area contributed by atoms with Crippen molar-refractivity contribution in [2.75, 3.05) is 18.0 Å². The van der Waals surface area contributed by atoms with Gasteiger partial charge in [-0.3, -0.25) is 9.80 Å². The van der Waals surface area contributed by atoms with Crippen molar-refractivity contribution in [3.05, 3.63) is 41.7 Å². The first-order chi connectivity index (χ1) is 18.5. The number of rotatable bonds is 4. The van der Waals surface area contributed by atoms with Gasteiger partial charge in [-0.25, -0.2) is 14.0 Å². The van der Waals surface area contributed by atoms with Crippen molar-refractivity contribution in [2.45, 2.75) is 94.9 Å². The van der Waals surface area contributed by atoms with E-state index >= 15 is 0 Å². The minimum absolute atomic E-state index is 0.270. The van der Waals surface area contributed by atoms with Gasteiger partial charge >= 0.3 is 18.2 Å². The number of anilines is 1. The molecule has 2 heterocycles. The van der Waals surface area contributed by atoms with Crippen LogP contribution in [-0.4, -0.2) is 64.7 Å². The summed E-state index contributed by atoms with van der Waals surface area (Å²) in [6, 6.07) is 6.83. The molecule has 1 aromatic carbocycles. The largest absolute Gasteiger partial charge is 0.490 e. The molecule has 4 aliphatic rings. The average molecular weight is 553 g/mol. The molecule has 0 radical (unpaired) electrons. The van der Waals surface area contributed by atoms with Gasteiger partial charge in [0.25, 0.3) is 0 Å². The van der Waals surface area contributed by atoms with Gasteiger partial charge in [-0.15, -0.1) is 0 Å². The Morgan fingerprint density at radius 3 is 2.51 bits per heavy atom. The first-order valence-corrected chi connectivity index (χ1v) is 13.7. The van der Waals surface area contributed by atoms with Crippen molar-refractivity contribution < 1.29 is 32.3 Å². The second-order valence-corrected chi connectivity index (χ2v) is 10.9. The van der Waals surface area contributed by atoms with E-state index in [1.54, 1.807) is 16.5 Å². The summed E-state index contributed by atoms with van der Waals surface area (Å²) in [6.45, 7) is 4.19. The summed E-state index contributed by atoms with van der Waals surface area (Å²) in [5.74, 6) is -2.27. The number of nitrogens with zero attached hydrogens (tertiary/aromatic N) is 3. The van der Waals surface area contributed by atoms with Gasteiger partial charge in [-0.05, 0) is 70.1 Å². The molecular formula is C28H36F4N4O3. The number of aliphatic imine (C=N–C) groups is 1. The Morgan fingerprint density at radius 2 is 1.92 bits per heavy atom. The molecule has 39 heavy (non-hydrogen) atoms. The van der Waals surface area contributed by atoms with Crippen LogP contribution >= 0.6 is 0 Å². The predicted octanol–water partition coefficient (Wildman–Crippen LogP) is 6.05. The number of carboxylic acid groups (broad SMARTS) is 1. The summed E-state index contributed by atoms with van der Waals surface area (Å²) in [4.78, 5) is 31.0. The van der Waals surface area contributed by atoms with Crippen LogP contribution in [0.15, 0.2) is 40.9 Å². The molecule has 2 amide bonds. The normalized spacial score (nSPS) is 26.2. The number of hydrogen-bond donors (Lipinski definition) is 2. The monoisotopic (exact) mass is 552 g/mol. The molecule has 214 valence electrons. The van der Waals surface area contributed by atoms with E-state index in [0.717, 1.165) is 44.6 Å². The van der Waals surface area contributed by atoms with Gasteiger partial charge in [-0.2, -0.15) is 18.2 Å². The van der Waals surface area contributed by atoms with Gasteiger partial charge in [-0.1, -0.05) is 37.0 Å². The molecule has 1 spiro atoms. The molecule has 5 rings (SSSR count). The summed E-state index contributed by atoms with van der Waals surface area (Å²) < 4.78 is 45.9. The number of likely N-dealkylation sites (tertiary alicyclic amines) is 1. The zero-order chi connectivity index (χ0) is 28.2. The molecule has 0 unspecified atom stereocenters. The van der Waals surface area contributed by atoms with Crippen LogP contribution in [0.3, 0.4) is 0 Å². The number of urea groups is 1. The second kappa shape index (κ2) is 12.1. The van der Waals surface area contributed by atoms with E-state index in [2.05, 4.69) is 28.2 Å². The van der Waals surface area contributed by atoms with Gasteiger partial charge in [0, 0.05) is 30.9 Å². The maximum Gasteiger partial charge on any atom is 0.490 e. The number of piperidine rings is 1. The Kier molecular flexibility index (Phi) is 8.98. The van der Waals surface area contributed by atoms with Crippen molar-refractivity contribution in [1.29, 1.82) is 0 Å². The van der Waals surface area contributed by atoms with Crippen LogP contribution in [0.2, 0.25) is 0 Å². The third-order valence-electron chi connectivity index (χ3n) is 8.13. The molecule has 1 saturated heterocycles. The summed E-state index contributed by atoms with van der Waals surface area (Å²) in [6.07, 6.45) is 8.58. The molecule has 1 aromatic rings. The SMILES string of the molecule is C[C@H]1C[C@]2(CCN1CC1=CCCC1)C(NC1CCCCC1)=NC(=O)N2c1cccc(F)c1.O=C(O)C(F)(F)F. The van der Waals surface area contributed by atoms with E-state index in [9.17, 15) is 22.4 Å². The Morgan fingerprint density at radius 1 is 1.21 bits per heavy atom. The highest BCUT2D eigenvalue weighted by Gasteiger charge is 2.54. The van der Waals surface area contributed by atoms with Gasteiger partial charge in [0.2, 0.25) is 0 Å². The molecule has 1 saturated carbocycles. The number of nitrogens with one attached hydrogen (secondary N) is 1. The number of amidine groups is 1. The molecule has 0 bridgehead atoms. The number of halogens is 4. The maximum absolute atomic E-state index is 14.1. The van der Waals surface area contributed by atoms with Crippen LogP contribution in [0.5, 0.6) is 0 Å². The molecule has 11 heteroatoms. The zero-order valence-electron chi connectivity index (χ0n) is 22.1. The van der Waals surface area contributed by atoms with Crippen LogP contribution in [0.25, 0.3) is 0 Å². The Labute approximate surface area is 225 Å². The third-order valence-corrected chi connectivity index (χ3v) is 8.13. The topological polar surface area (TPSA) is 85.2 Å². The number of carbonyl (C=O) groups is 2. The molecule has 2 atom stereocenters. The molecule has 2 aliphatic heterocycles. The third kappa shape index (κ3) is 6.80. The quantitative estimate of drug-likeness (QED) is 0.351. The van der Waals surface area contributed by atoms with Crippen LogP contribution in [-0.2, 0) is 4.79 Å². The molecule has 7 nitrogen and oxygen atoms in total. The van der Waals surface area contributed by atoms with Gasteiger partial charge in [0.1, 0.15) is 17.2 Å². The number of allylic oxidation sites excluding steroid dienone is 1. The minimum Gasteiger partial charge on any atom is -0.475 e. The van der Waals surface area contributed by atoms with E-state index in [4.69, 9.17) is 9.90 Å².